The van der Waals surface area contributed by atoms with E-state index in [1.807, 2.05) is 12.1 Å². The predicted molar refractivity (Wildman–Crippen MR) is 86.7 cm³/mol. The fraction of sp³-hybridized carbons (Fsp3) is 0.267. The molecule has 2 aromatic rings. The van der Waals surface area contributed by atoms with Gasteiger partial charge in [0.2, 0.25) is 0 Å². The van der Waals surface area contributed by atoms with Crippen molar-refractivity contribution in [2.75, 3.05) is 6.54 Å². The molecule has 5 heteroatoms. The fourth-order valence-electron chi connectivity index (χ4n) is 1.69. The molecule has 0 heterocycles. The Balaban J connectivity index is 0.000000644. The SMILES string of the molecule is Br.CC(=O)O.CC(CN)c1ccc2cc(O)ccc2c1. The molecule has 2 aromatic carbocycles. The molecule has 20 heavy (non-hydrogen) atoms. The Hall–Kier alpha value is -1.59. The first kappa shape index (κ1) is 18.4. The molecule has 4 N–H and O–H groups in total. The van der Waals surface area contributed by atoms with Crippen LogP contribution in [0.5, 0.6) is 5.75 Å². The summed E-state index contributed by atoms with van der Waals surface area (Å²) in [4.78, 5) is 9.00. The van der Waals surface area contributed by atoms with Gasteiger partial charge in [0.15, 0.2) is 0 Å². The second kappa shape index (κ2) is 8.55. The second-order valence-electron chi connectivity index (χ2n) is 4.45. The Kier molecular flexibility index (Phi) is 7.87. The highest BCUT2D eigenvalue weighted by Crippen LogP contribution is 2.24. The smallest absolute Gasteiger partial charge is 0.300 e. The number of carbonyl (C=O) groups is 1. The van der Waals surface area contributed by atoms with Crippen LogP contribution < -0.4 is 5.73 Å². The van der Waals surface area contributed by atoms with Gasteiger partial charge in [-0.3, -0.25) is 4.79 Å². The minimum absolute atomic E-state index is 0. The zero-order valence-electron chi connectivity index (χ0n) is 11.5. The van der Waals surface area contributed by atoms with Gasteiger partial charge in [0, 0.05) is 6.92 Å². The molecule has 0 bridgehead atoms. The summed E-state index contributed by atoms with van der Waals surface area (Å²) in [5.74, 6) is -0.148. The van der Waals surface area contributed by atoms with Gasteiger partial charge in [-0.1, -0.05) is 31.2 Å². The van der Waals surface area contributed by atoms with Crippen molar-refractivity contribution in [1.29, 1.82) is 0 Å². The van der Waals surface area contributed by atoms with Gasteiger partial charge in [-0.25, -0.2) is 0 Å². The minimum atomic E-state index is -0.833. The molecule has 0 aliphatic carbocycles. The normalized spacial score (nSPS) is 10.9. The van der Waals surface area contributed by atoms with Crippen LogP contribution in [-0.4, -0.2) is 22.7 Å². The van der Waals surface area contributed by atoms with Crippen LogP contribution in [0, 0.1) is 0 Å². The maximum absolute atomic E-state index is 9.33. The average molecular weight is 342 g/mol. The number of phenolic OH excluding ortho intramolecular Hbond substituents is 1. The van der Waals surface area contributed by atoms with Gasteiger partial charge in [-0.15, -0.1) is 17.0 Å². The Morgan fingerprint density at radius 3 is 2.25 bits per heavy atom. The van der Waals surface area contributed by atoms with Crippen molar-refractivity contribution in [2.45, 2.75) is 19.8 Å². The van der Waals surface area contributed by atoms with E-state index in [0.717, 1.165) is 17.7 Å². The number of benzene rings is 2. The molecule has 1 atom stereocenters. The van der Waals surface area contributed by atoms with E-state index in [1.54, 1.807) is 12.1 Å². The van der Waals surface area contributed by atoms with Gasteiger partial charge in [0.1, 0.15) is 5.75 Å². The first-order valence-electron chi connectivity index (χ1n) is 6.06. The van der Waals surface area contributed by atoms with Crippen LogP contribution in [0.1, 0.15) is 25.3 Å². The summed E-state index contributed by atoms with van der Waals surface area (Å²) < 4.78 is 0. The standard InChI is InChI=1S/C13H15NO.C2H4O2.BrH/c1-9(8-14)10-2-3-12-7-13(15)5-4-11(12)6-10;1-2(3)4;/h2-7,9,15H,8,14H2,1H3;1H3,(H,3,4);1H. The summed E-state index contributed by atoms with van der Waals surface area (Å²) in [7, 11) is 0. The number of carboxylic acid groups (broad SMARTS) is 1. The highest BCUT2D eigenvalue weighted by Gasteiger charge is 2.04. The highest BCUT2D eigenvalue weighted by molar-refractivity contribution is 8.93. The number of nitrogens with two attached hydrogens (primary N) is 1. The monoisotopic (exact) mass is 341 g/mol. The molecule has 0 aliphatic rings. The molecule has 0 fully saturated rings. The van der Waals surface area contributed by atoms with E-state index in [1.165, 1.54) is 5.56 Å². The van der Waals surface area contributed by atoms with Gasteiger partial charge >= 0.3 is 0 Å². The van der Waals surface area contributed by atoms with E-state index < -0.39 is 5.97 Å². The first-order valence-corrected chi connectivity index (χ1v) is 6.06. The topological polar surface area (TPSA) is 83.5 Å². The summed E-state index contributed by atoms with van der Waals surface area (Å²) in [6.45, 7) is 3.85. The van der Waals surface area contributed by atoms with Crippen LogP contribution in [0.2, 0.25) is 0 Å². The van der Waals surface area contributed by atoms with Gasteiger partial charge in [0.05, 0.1) is 0 Å². The largest absolute Gasteiger partial charge is 0.508 e. The lowest BCUT2D eigenvalue weighted by Gasteiger charge is -2.09. The number of hydrogen-bond donors (Lipinski definition) is 3. The maximum atomic E-state index is 9.33. The molecular formula is C15H20BrNO3. The summed E-state index contributed by atoms with van der Waals surface area (Å²) in [6.07, 6.45) is 0. The van der Waals surface area contributed by atoms with Gasteiger partial charge in [-0.05, 0) is 40.9 Å². The molecule has 0 saturated carbocycles. The molecule has 0 aromatic heterocycles. The first-order chi connectivity index (χ1) is 8.93. The van der Waals surface area contributed by atoms with E-state index in [9.17, 15) is 5.11 Å². The third-order valence-electron chi connectivity index (χ3n) is 2.77. The molecule has 2 rings (SSSR count). The highest BCUT2D eigenvalue weighted by atomic mass is 79.9. The Labute approximate surface area is 129 Å². The van der Waals surface area contributed by atoms with Gasteiger partial charge in [0.25, 0.3) is 5.97 Å². The average Bonchev–Trinajstić information content (AvgIpc) is 2.36. The maximum Gasteiger partial charge on any atom is 0.300 e. The van der Waals surface area contributed by atoms with Gasteiger partial charge < -0.3 is 15.9 Å². The predicted octanol–water partition coefficient (Wildman–Crippen LogP) is 3.28. The van der Waals surface area contributed by atoms with Crippen LogP contribution in [-0.2, 0) is 4.79 Å². The van der Waals surface area contributed by atoms with Crippen molar-refractivity contribution >= 4 is 33.7 Å². The number of phenols is 1. The van der Waals surface area contributed by atoms with Crippen molar-refractivity contribution < 1.29 is 15.0 Å². The van der Waals surface area contributed by atoms with Crippen LogP contribution in [0.4, 0.5) is 0 Å². The summed E-state index contributed by atoms with van der Waals surface area (Å²) in [5, 5.41) is 19.0. The van der Waals surface area contributed by atoms with Crippen LogP contribution in [0.3, 0.4) is 0 Å². The number of hydrogen-bond acceptors (Lipinski definition) is 3. The molecule has 0 radical (unpaired) electrons. The third kappa shape index (κ3) is 5.59. The second-order valence-corrected chi connectivity index (χ2v) is 4.45. The lowest BCUT2D eigenvalue weighted by molar-refractivity contribution is -0.134. The van der Waals surface area contributed by atoms with E-state index in [4.69, 9.17) is 15.6 Å². The molecule has 0 amide bonds. The summed E-state index contributed by atoms with van der Waals surface area (Å²) in [5.41, 5.74) is 6.88. The molecule has 1 unspecified atom stereocenters. The van der Waals surface area contributed by atoms with E-state index in [-0.39, 0.29) is 17.0 Å². The van der Waals surface area contributed by atoms with Crippen molar-refractivity contribution in [1.82, 2.24) is 0 Å². The Morgan fingerprint density at radius 2 is 1.70 bits per heavy atom. The van der Waals surface area contributed by atoms with Crippen LogP contribution in [0.15, 0.2) is 36.4 Å². The molecule has 0 spiro atoms. The van der Waals surface area contributed by atoms with E-state index in [2.05, 4.69) is 19.1 Å². The van der Waals surface area contributed by atoms with Crippen molar-refractivity contribution in [3.8, 4) is 5.75 Å². The zero-order valence-corrected chi connectivity index (χ0v) is 13.2. The minimum Gasteiger partial charge on any atom is -0.508 e. The van der Waals surface area contributed by atoms with Gasteiger partial charge in [-0.2, -0.15) is 0 Å². The number of carboxylic acids is 1. The number of rotatable bonds is 2. The van der Waals surface area contributed by atoms with E-state index >= 15 is 0 Å². The summed E-state index contributed by atoms with van der Waals surface area (Å²) >= 11 is 0. The van der Waals surface area contributed by atoms with Crippen LogP contribution in [0.25, 0.3) is 10.8 Å². The molecular weight excluding hydrogens is 322 g/mol. The molecule has 110 valence electrons. The van der Waals surface area contributed by atoms with Crippen molar-refractivity contribution in [3.63, 3.8) is 0 Å². The van der Waals surface area contributed by atoms with Crippen molar-refractivity contribution in [2.24, 2.45) is 5.73 Å². The molecule has 4 nitrogen and oxygen atoms in total. The Bertz CT molecular complexity index is 568. The molecule has 0 aliphatic heterocycles. The van der Waals surface area contributed by atoms with Crippen molar-refractivity contribution in [3.05, 3.63) is 42.0 Å². The number of fused-ring (bicyclic) bond motifs is 1. The molecule has 0 saturated heterocycles. The number of aliphatic carboxylic acids is 1. The van der Waals surface area contributed by atoms with Crippen LogP contribution >= 0.6 is 17.0 Å². The summed E-state index contributed by atoms with van der Waals surface area (Å²) in [6, 6.07) is 11.6. The quantitative estimate of drug-likeness (QED) is 0.782. The zero-order chi connectivity index (χ0) is 14.4. The lowest BCUT2D eigenvalue weighted by atomic mass is 9.98. The third-order valence-corrected chi connectivity index (χ3v) is 2.77. The number of halogens is 1. The Morgan fingerprint density at radius 1 is 1.20 bits per heavy atom. The van der Waals surface area contributed by atoms with E-state index in [0.29, 0.717) is 18.2 Å². The lowest BCUT2D eigenvalue weighted by Crippen LogP contribution is -2.08. The fourth-order valence-corrected chi connectivity index (χ4v) is 1.69. The number of aromatic hydroxyl groups is 1.